The molecule has 3 heterocycles. The number of carboxylic acid groups (broad SMARTS) is 1. The number of ether oxygens (including phenoxy) is 1. The number of nitrogens with zero attached hydrogens (tertiary/aromatic N) is 3. The lowest BCUT2D eigenvalue weighted by atomic mass is 9.76. The van der Waals surface area contributed by atoms with Crippen molar-refractivity contribution < 1.29 is 27.9 Å². The van der Waals surface area contributed by atoms with Gasteiger partial charge in [-0.3, -0.25) is 14.5 Å². The molecule has 3 aliphatic heterocycles. The van der Waals surface area contributed by atoms with E-state index in [2.05, 4.69) is 47.9 Å². The van der Waals surface area contributed by atoms with E-state index in [4.69, 9.17) is 14.6 Å². The number of cyclic esters (lactones) is 1. The number of rotatable bonds is 6. The Balaban J connectivity index is 0.00000108. The van der Waals surface area contributed by atoms with Crippen molar-refractivity contribution in [1.82, 2.24) is 9.21 Å². The molecule has 0 aromatic heterocycles. The maximum atomic E-state index is 12.6. The summed E-state index contributed by atoms with van der Waals surface area (Å²) in [6.07, 6.45) is 3.91. The number of hydrogen-bond acceptors (Lipinski definition) is 7. The molecule has 3 saturated heterocycles. The predicted molar refractivity (Wildman–Crippen MR) is 135 cm³/mol. The maximum Gasteiger partial charge on any atom is 0.312 e. The van der Waals surface area contributed by atoms with Crippen molar-refractivity contribution in [3.8, 4) is 0 Å². The van der Waals surface area contributed by atoms with Gasteiger partial charge in [0, 0.05) is 57.9 Å². The SMILES string of the molecule is CC(C)c1ccccc1N1CCN(CC[C@@H]2CC3(CCN(S(C)(=O)=O)CC3)C(=O)O2)CC1.O=CO. The highest BCUT2D eigenvalue weighted by molar-refractivity contribution is 7.88. The first-order chi connectivity index (χ1) is 16.6. The molecular weight excluding hydrogens is 470 g/mol. The van der Waals surface area contributed by atoms with E-state index in [-0.39, 0.29) is 18.5 Å². The molecule has 0 saturated carbocycles. The lowest BCUT2D eigenvalue weighted by molar-refractivity contribution is -0.150. The van der Waals surface area contributed by atoms with Gasteiger partial charge in [0.2, 0.25) is 10.0 Å². The summed E-state index contributed by atoms with van der Waals surface area (Å²) in [5, 5.41) is 6.89. The van der Waals surface area contributed by atoms with Crippen LogP contribution in [-0.4, -0.2) is 93.3 Å². The first-order valence-electron chi connectivity index (χ1n) is 12.4. The molecule has 0 bridgehead atoms. The van der Waals surface area contributed by atoms with Crippen molar-refractivity contribution in [2.75, 3.05) is 57.0 Å². The summed E-state index contributed by atoms with van der Waals surface area (Å²) in [6.45, 7) is 10.1. The Hall–Kier alpha value is -2.17. The van der Waals surface area contributed by atoms with Gasteiger partial charge in [0.1, 0.15) is 6.10 Å². The minimum atomic E-state index is -3.19. The number of sulfonamides is 1. The first-order valence-corrected chi connectivity index (χ1v) is 14.2. The predicted octanol–water partition coefficient (Wildman–Crippen LogP) is 2.38. The third kappa shape index (κ3) is 6.74. The van der Waals surface area contributed by atoms with Gasteiger partial charge < -0.3 is 14.7 Å². The molecule has 0 radical (unpaired) electrons. The molecule has 196 valence electrons. The highest BCUT2D eigenvalue weighted by atomic mass is 32.2. The van der Waals surface area contributed by atoms with Crippen LogP contribution in [0.3, 0.4) is 0 Å². The van der Waals surface area contributed by atoms with Crippen molar-refractivity contribution >= 4 is 28.2 Å². The van der Waals surface area contributed by atoms with E-state index >= 15 is 0 Å². The van der Waals surface area contributed by atoms with Gasteiger partial charge >= 0.3 is 5.97 Å². The Bertz CT molecular complexity index is 967. The van der Waals surface area contributed by atoms with E-state index in [0.717, 1.165) is 45.6 Å². The second kappa shape index (κ2) is 11.7. The molecule has 0 unspecified atom stereocenters. The van der Waals surface area contributed by atoms with E-state index in [1.54, 1.807) is 0 Å². The number of piperazine rings is 1. The Morgan fingerprint density at radius 1 is 1.11 bits per heavy atom. The van der Waals surface area contributed by atoms with Crippen LogP contribution >= 0.6 is 0 Å². The molecular formula is C25H39N3O6S. The number of benzene rings is 1. The summed E-state index contributed by atoms with van der Waals surface area (Å²) in [5.41, 5.74) is 2.28. The summed E-state index contributed by atoms with van der Waals surface area (Å²) < 4.78 is 30.8. The molecule has 3 fully saturated rings. The molecule has 3 aliphatic rings. The molecule has 9 nitrogen and oxygen atoms in total. The van der Waals surface area contributed by atoms with E-state index in [9.17, 15) is 13.2 Å². The molecule has 1 N–H and O–H groups in total. The Morgan fingerprint density at radius 2 is 1.71 bits per heavy atom. The lowest BCUT2D eigenvalue weighted by Crippen LogP contribution is -2.47. The fourth-order valence-corrected chi connectivity index (χ4v) is 6.30. The van der Waals surface area contributed by atoms with Crippen LogP contribution < -0.4 is 4.90 Å². The molecule has 1 atom stereocenters. The highest BCUT2D eigenvalue weighted by Crippen LogP contribution is 2.44. The first kappa shape index (κ1) is 27.4. The lowest BCUT2D eigenvalue weighted by Gasteiger charge is -2.37. The molecule has 35 heavy (non-hydrogen) atoms. The molecule has 0 amide bonds. The summed E-state index contributed by atoms with van der Waals surface area (Å²) in [6, 6.07) is 8.71. The monoisotopic (exact) mass is 509 g/mol. The molecule has 0 aliphatic carbocycles. The van der Waals surface area contributed by atoms with Gasteiger partial charge in [-0.05, 0) is 36.8 Å². The van der Waals surface area contributed by atoms with Gasteiger partial charge in [0.05, 0.1) is 11.7 Å². The molecule has 4 rings (SSSR count). The van der Waals surface area contributed by atoms with E-state index in [1.165, 1.54) is 21.8 Å². The quantitative estimate of drug-likeness (QED) is 0.460. The second-order valence-corrected chi connectivity index (χ2v) is 12.1. The number of hydrogen-bond donors (Lipinski definition) is 1. The van der Waals surface area contributed by atoms with Gasteiger partial charge in [-0.2, -0.15) is 0 Å². The van der Waals surface area contributed by atoms with Crippen molar-refractivity contribution in [3.63, 3.8) is 0 Å². The van der Waals surface area contributed by atoms with Crippen LogP contribution in [0.15, 0.2) is 24.3 Å². The van der Waals surface area contributed by atoms with Crippen LogP contribution in [0, 0.1) is 5.41 Å². The van der Waals surface area contributed by atoms with Gasteiger partial charge in [0.25, 0.3) is 6.47 Å². The molecule has 1 aromatic rings. The summed E-state index contributed by atoms with van der Waals surface area (Å²) in [7, 11) is -3.19. The average Bonchev–Trinajstić information content (AvgIpc) is 3.12. The van der Waals surface area contributed by atoms with Gasteiger partial charge in [-0.15, -0.1) is 0 Å². The van der Waals surface area contributed by atoms with Gasteiger partial charge in [0.15, 0.2) is 0 Å². The van der Waals surface area contributed by atoms with Crippen LogP contribution in [0.2, 0.25) is 0 Å². The van der Waals surface area contributed by atoms with Crippen LogP contribution in [0.1, 0.15) is 51.0 Å². The van der Waals surface area contributed by atoms with Gasteiger partial charge in [-0.1, -0.05) is 32.0 Å². The maximum absolute atomic E-state index is 12.6. The molecule has 1 spiro atoms. The van der Waals surface area contributed by atoms with Crippen molar-refractivity contribution in [2.45, 2.75) is 51.6 Å². The zero-order valence-corrected chi connectivity index (χ0v) is 21.9. The van der Waals surface area contributed by atoms with E-state index < -0.39 is 15.4 Å². The second-order valence-electron chi connectivity index (χ2n) is 10.1. The standard InChI is InChI=1S/C24H37N3O4S.CH2O2/c1-19(2)21-6-4-5-7-22(21)26-16-14-25(15-17-26)11-8-20-18-24(23(28)31-20)9-12-27(13-10-24)32(3,29)30;2-1-3/h4-7,19-20H,8-18H2,1-3H3;1H,(H,2,3)/t20-;/m1./s1. The smallest absolute Gasteiger partial charge is 0.312 e. The fourth-order valence-electron chi connectivity index (χ4n) is 5.45. The number of anilines is 1. The third-order valence-corrected chi connectivity index (χ3v) is 8.82. The Kier molecular flexibility index (Phi) is 9.17. The van der Waals surface area contributed by atoms with Crippen molar-refractivity contribution in [2.24, 2.45) is 5.41 Å². The summed E-state index contributed by atoms with van der Waals surface area (Å²) in [4.78, 5) is 26.0. The normalized spacial score (nSPS) is 23.1. The Labute approximate surface area is 209 Å². The number of piperidine rings is 1. The zero-order valence-electron chi connectivity index (χ0n) is 21.1. The van der Waals surface area contributed by atoms with Gasteiger partial charge in [-0.25, -0.2) is 12.7 Å². The molecule has 10 heteroatoms. The third-order valence-electron chi connectivity index (χ3n) is 7.51. The number of para-hydroxylation sites is 1. The van der Waals surface area contributed by atoms with Crippen molar-refractivity contribution in [1.29, 1.82) is 0 Å². The van der Waals surface area contributed by atoms with E-state index in [1.807, 2.05) is 0 Å². The van der Waals surface area contributed by atoms with Crippen LogP contribution in [0.25, 0.3) is 0 Å². The van der Waals surface area contributed by atoms with Crippen LogP contribution in [-0.2, 0) is 24.3 Å². The number of esters is 1. The average molecular weight is 510 g/mol. The van der Waals surface area contributed by atoms with E-state index in [0.29, 0.717) is 31.8 Å². The van der Waals surface area contributed by atoms with Crippen LogP contribution in [0.5, 0.6) is 0 Å². The minimum Gasteiger partial charge on any atom is -0.483 e. The number of carbonyl (C=O) groups excluding carboxylic acids is 1. The summed E-state index contributed by atoms with van der Waals surface area (Å²) >= 11 is 0. The topological polar surface area (TPSA) is 107 Å². The largest absolute Gasteiger partial charge is 0.483 e. The van der Waals surface area contributed by atoms with Crippen LogP contribution in [0.4, 0.5) is 5.69 Å². The zero-order chi connectivity index (χ0) is 25.6. The van der Waals surface area contributed by atoms with Crippen molar-refractivity contribution in [3.05, 3.63) is 29.8 Å². The highest BCUT2D eigenvalue weighted by Gasteiger charge is 2.51. The Morgan fingerprint density at radius 3 is 2.29 bits per heavy atom. The summed E-state index contributed by atoms with van der Waals surface area (Å²) in [5.74, 6) is 0.392. The molecule has 1 aromatic carbocycles. The number of carbonyl (C=O) groups is 2. The fraction of sp³-hybridized carbons (Fsp3) is 0.680. The minimum absolute atomic E-state index is 0.0491.